The Labute approximate surface area is 152 Å². The average Bonchev–Trinajstić information content (AvgIpc) is 3.24. The number of carbonyl (C=O) groups excluding carboxylic acids is 1. The predicted molar refractivity (Wildman–Crippen MR) is 101 cm³/mol. The van der Waals surface area contributed by atoms with Crippen LogP contribution in [0.15, 0.2) is 47.1 Å². The van der Waals surface area contributed by atoms with Crippen LogP contribution in [0.2, 0.25) is 0 Å². The van der Waals surface area contributed by atoms with Crippen LogP contribution in [0.1, 0.15) is 34.2 Å². The summed E-state index contributed by atoms with van der Waals surface area (Å²) >= 11 is 1.59. The number of rotatable bonds is 5. The summed E-state index contributed by atoms with van der Waals surface area (Å²) in [6.45, 7) is 6.01. The number of carbonyl (C=O) groups is 1. The Morgan fingerprint density at radius 3 is 2.60 bits per heavy atom. The first-order valence-corrected chi connectivity index (χ1v) is 9.09. The zero-order chi connectivity index (χ0) is 18.0. The second-order valence-electron chi connectivity index (χ2n) is 6.24. The highest BCUT2D eigenvalue weighted by molar-refractivity contribution is 7.12. The van der Waals surface area contributed by atoms with Gasteiger partial charge in [-0.15, -0.1) is 11.3 Å². The van der Waals surface area contributed by atoms with Gasteiger partial charge >= 0.3 is 0 Å². The number of amides is 1. The largest absolute Gasteiger partial charge is 0.467 e. The lowest BCUT2D eigenvalue weighted by molar-refractivity contribution is -0.131. The molecule has 1 aromatic carbocycles. The molecule has 0 saturated carbocycles. The second kappa shape index (κ2) is 7.23. The van der Waals surface area contributed by atoms with Crippen molar-refractivity contribution in [3.63, 3.8) is 0 Å². The predicted octanol–water partition coefficient (Wildman–Crippen LogP) is 4.78. The molecule has 1 atom stereocenters. The van der Waals surface area contributed by atoms with Crippen molar-refractivity contribution in [2.45, 2.75) is 33.2 Å². The molecule has 1 amide bonds. The van der Waals surface area contributed by atoms with E-state index in [1.165, 1.54) is 5.56 Å². The lowest BCUT2D eigenvalue weighted by atomic mass is 10.1. The number of nitrogens with zero attached hydrogens (tertiary/aromatic N) is 2. The van der Waals surface area contributed by atoms with Crippen molar-refractivity contribution in [2.75, 3.05) is 7.05 Å². The Hall–Kier alpha value is -2.40. The molecule has 25 heavy (non-hydrogen) atoms. The van der Waals surface area contributed by atoms with E-state index in [2.05, 4.69) is 36.2 Å². The van der Waals surface area contributed by atoms with E-state index in [0.717, 1.165) is 26.9 Å². The van der Waals surface area contributed by atoms with E-state index in [0.29, 0.717) is 6.42 Å². The first-order chi connectivity index (χ1) is 12.0. The van der Waals surface area contributed by atoms with Crippen molar-refractivity contribution in [3.8, 4) is 11.3 Å². The number of benzene rings is 1. The average molecular weight is 354 g/mol. The minimum Gasteiger partial charge on any atom is -0.467 e. The fourth-order valence-corrected chi connectivity index (χ4v) is 3.67. The minimum atomic E-state index is -0.0978. The molecule has 3 rings (SSSR count). The molecular weight excluding hydrogens is 332 g/mol. The van der Waals surface area contributed by atoms with Crippen LogP contribution in [0.25, 0.3) is 11.3 Å². The summed E-state index contributed by atoms with van der Waals surface area (Å²) in [6, 6.07) is 11.9. The lowest BCUT2D eigenvalue weighted by Gasteiger charge is -2.23. The monoisotopic (exact) mass is 354 g/mol. The molecule has 3 aromatic rings. The molecule has 4 nitrogen and oxygen atoms in total. The van der Waals surface area contributed by atoms with E-state index in [1.807, 2.05) is 33.0 Å². The van der Waals surface area contributed by atoms with Gasteiger partial charge < -0.3 is 9.32 Å². The fourth-order valence-electron chi connectivity index (χ4n) is 2.72. The second-order valence-corrected chi connectivity index (χ2v) is 7.53. The van der Waals surface area contributed by atoms with Crippen LogP contribution in [0.4, 0.5) is 0 Å². The molecule has 0 N–H and O–H groups in total. The highest BCUT2D eigenvalue weighted by Gasteiger charge is 2.22. The minimum absolute atomic E-state index is 0.0564. The van der Waals surface area contributed by atoms with Gasteiger partial charge in [0.05, 0.1) is 29.4 Å². The number of furan rings is 1. The molecule has 0 spiro atoms. The van der Waals surface area contributed by atoms with Gasteiger partial charge in [0.2, 0.25) is 5.91 Å². The van der Waals surface area contributed by atoms with E-state index < -0.39 is 0 Å². The fraction of sp³-hybridized carbons (Fsp3) is 0.300. The van der Waals surface area contributed by atoms with E-state index >= 15 is 0 Å². The summed E-state index contributed by atoms with van der Waals surface area (Å²) in [4.78, 5) is 20.1. The molecule has 0 saturated heterocycles. The number of aromatic nitrogens is 1. The molecule has 0 radical (unpaired) electrons. The maximum absolute atomic E-state index is 12.8. The van der Waals surface area contributed by atoms with Gasteiger partial charge in [-0.05, 0) is 32.9 Å². The Kier molecular flexibility index (Phi) is 5.04. The van der Waals surface area contributed by atoms with Crippen LogP contribution in [0, 0.1) is 13.8 Å². The number of hydrogen-bond acceptors (Lipinski definition) is 4. The van der Waals surface area contributed by atoms with Crippen molar-refractivity contribution >= 4 is 17.2 Å². The van der Waals surface area contributed by atoms with Gasteiger partial charge in [-0.3, -0.25) is 4.79 Å². The molecule has 1 unspecified atom stereocenters. The molecule has 130 valence electrons. The zero-order valence-electron chi connectivity index (χ0n) is 14.9. The normalized spacial score (nSPS) is 12.2. The summed E-state index contributed by atoms with van der Waals surface area (Å²) in [7, 11) is 1.81. The Bertz CT molecular complexity index is 850. The lowest BCUT2D eigenvalue weighted by Crippen LogP contribution is -2.30. The van der Waals surface area contributed by atoms with E-state index in [-0.39, 0.29) is 11.9 Å². The highest BCUT2D eigenvalue weighted by atomic mass is 32.1. The van der Waals surface area contributed by atoms with Crippen LogP contribution >= 0.6 is 11.3 Å². The van der Waals surface area contributed by atoms with Crippen LogP contribution in [-0.4, -0.2) is 22.8 Å². The van der Waals surface area contributed by atoms with Gasteiger partial charge in [-0.1, -0.05) is 29.8 Å². The molecule has 2 aromatic heterocycles. The number of thiazole rings is 1. The third-order valence-corrected chi connectivity index (χ3v) is 5.34. The van der Waals surface area contributed by atoms with Crippen molar-refractivity contribution < 1.29 is 9.21 Å². The van der Waals surface area contributed by atoms with Gasteiger partial charge in [0.15, 0.2) is 0 Å². The summed E-state index contributed by atoms with van der Waals surface area (Å²) in [5.74, 6) is 0.844. The molecule has 0 fully saturated rings. The third kappa shape index (κ3) is 3.82. The van der Waals surface area contributed by atoms with Crippen LogP contribution in [0.5, 0.6) is 0 Å². The first-order valence-electron chi connectivity index (χ1n) is 8.28. The molecular formula is C20H22N2O2S. The smallest absolute Gasteiger partial charge is 0.228 e. The molecule has 5 heteroatoms. The zero-order valence-corrected chi connectivity index (χ0v) is 15.8. The maximum atomic E-state index is 12.8. The molecule has 0 bridgehead atoms. The van der Waals surface area contributed by atoms with Gasteiger partial charge in [-0.2, -0.15) is 0 Å². The maximum Gasteiger partial charge on any atom is 0.228 e. The van der Waals surface area contributed by atoms with Crippen molar-refractivity contribution in [1.82, 2.24) is 9.88 Å². The van der Waals surface area contributed by atoms with Crippen molar-refractivity contribution in [3.05, 3.63) is 63.9 Å². The van der Waals surface area contributed by atoms with E-state index in [4.69, 9.17) is 4.42 Å². The van der Waals surface area contributed by atoms with Crippen LogP contribution < -0.4 is 0 Å². The SMILES string of the molecule is Cc1ccc(-c2nc(C)sc2CC(=O)N(C)C(C)c2ccco2)cc1. The molecule has 0 aliphatic heterocycles. The molecule has 2 heterocycles. The first kappa shape index (κ1) is 17.4. The van der Waals surface area contributed by atoms with Crippen molar-refractivity contribution in [2.24, 2.45) is 0 Å². The van der Waals surface area contributed by atoms with Gasteiger partial charge in [-0.25, -0.2) is 4.98 Å². The highest BCUT2D eigenvalue weighted by Crippen LogP contribution is 2.30. The van der Waals surface area contributed by atoms with Gasteiger partial charge in [0, 0.05) is 17.5 Å². The summed E-state index contributed by atoms with van der Waals surface area (Å²) in [5.41, 5.74) is 3.18. The number of aryl methyl sites for hydroxylation is 2. The summed E-state index contributed by atoms with van der Waals surface area (Å²) in [6.07, 6.45) is 1.97. The van der Waals surface area contributed by atoms with Crippen molar-refractivity contribution in [1.29, 1.82) is 0 Å². The standard InChI is InChI=1S/C20H22N2O2S/c1-13-7-9-16(10-8-13)20-18(25-15(3)21-20)12-19(23)22(4)14(2)17-6-5-11-24-17/h5-11,14H,12H2,1-4H3. The Morgan fingerprint density at radius 2 is 1.96 bits per heavy atom. The van der Waals surface area contributed by atoms with Gasteiger partial charge in [0.1, 0.15) is 5.76 Å². The van der Waals surface area contributed by atoms with E-state index in [1.54, 1.807) is 22.5 Å². The summed E-state index contributed by atoms with van der Waals surface area (Å²) in [5, 5.41) is 0.972. The van der Waals surface area contributed by atoms with Gasteiger partial charge in [0.25, 0.3) is 0 Å². The number of likely N-dealkylation sites (N-methyl/N-ethyl adjacent to an activating group) is 1. The molecule has 0 aliphatic rings. The topological polar surface area (TPSA) is 46.3 Å². The summed E-state index contributed by atoms with van der Waals surface area (Å²) < 4.78 is 5.42. The Morgan fingerprint density at radius 1 is 1.24 bits per heavy atom. The van der Waals surface area contributed by atoms with Crippen LogP contribution in [0.3, 0.4) is 0 Å². The third-order valence-electron chi connectivity index (χ3n) is 4.37. The quantitative estimate of drug-likeness (QED) is 0.662. The number of hydrogen-bond donors (Lipinski definition) is 0. The van der Waals surface area contributed by atoms with E-state index in [9.17, 15) is 4.79 Å². The Balaban J connectivity index is 1.81. The molecule has 0 aliphatic carbocycles. The van der Waals surface area contributed by atoms with Crippen LogP contribution in [-0.2, 0) is 11.2 Å².